The van der Waals surface area contributed by atoms with Crippen LogP contribution in [0.3, 0.4) is 0 Å². The van der Waals surface area contributed by atoms with Gasteiger partial charge in [-0.15, -0.1) is 11.6 Å². The molecular formula is C15H14BrClN2O2. The molecule has 2 rings (SSSR count). The lowest BCUT2D eigenvalue weighted by molar-refractivity contribution is -0.385. The van der Waals surface area contributed by atoms with Gasteiger partial charge in [-0.25, -0.2) is 0 Å². The highest BCUT2D eigenvalue weighted by Gasteiger charge is 2.15. The molecule has 0 bridgehead atoms. The third-order valence-corrected chi connectivity index (χ3v) is 4.27. The SMILES string of the molecule is CN(Cc1ccccc1Br)c1ccc([N+](=O)[O-])c(CCl)c1. The number of rotatable bonds is 5. The van der Waals surface area contributed by atoms with E-state index in [1.807, 2.05) is 36.2 Å². The minimum atomic E-state index is -0.407. The van der Waals surface area contributed by atoms with Gasteiger partial charge in [0.15, 0.2) is 0 Å². The first-order chi connectivity index (χ1) is 10.0. The van der Waals surface area contributed by atoms with E-state index in [0.29, 0.717) is 12.1 Å². The van der Waals surface area contributed by atoms with Crippen LogP contribution in [0.4, 0.5) is 11.4 Å². The number of halogens is 2. The first-order valence-corrected chi connectivity index (χ1v) is 7.63. The van der Waals surface area contributed by atoms with Crippen LogP contribution in [0, 0.1) is 10.1 Å². The van der Waals surface area contributed by atoms with Gasteiger partial charge in [-0.05, 0) is 23.8 Å². The smallest absolute Gasteiger partial charge is 0.273 e. The van der Waals surface area contributed by atoms with Crippen molar-refractivity contribution in [1.29, 1.82) is 0 Å². The lowest BCUT2D eigenvalue weighted by Crippen LogP contribution is -2.17. The van der Waals surface area contributed by atoms with Gasteiger partial charge < -0.3 is 4.90 Å². The highest BCUT2D eigenvalue weighted by molar-refractivity contribution is 9.10. The van der Waals surface area contributed by atoms with Gasteiger partial charge in [0.05, 0.1) is 10.8 Å². The summed E-state index contributed by atoms with van der Waals surface area (Å²) in [5, 5.41) is 10.9. The van der Waals surface area contributed by atoms with Crippen molar-refractivity contribution < 1.29 is 4.92 Å². The van der Waals surface area contributed by atoms with Crippen molar-refractivity contribution in [2.24, 2.45) is 0 Å². The Morgan fingerprint density at radius 1 is 1.24 bits per heavy atom. The molecule has 0 radical (unpaired) electrons. The number of nitro groups is 1. The minimum absolute atomic E-state index is 0.0584. The zero-order valence-corrected chi connectivity index (χ0v) is 13.8. The van der Waals surface area contributed by atoms with Crippen molar-refractivity contribution in [3.63, 3.8) is 0 Å². The van der Waals surface area contributed by atoms with Gasteiger partial charge in [-0.3, -0.25) is 10.1 Å². The van der Waals surface area contributed by atoms with E-state index in [-0.39, 0.29) is 11.6 Å². The molecule has 0 spiro atoms. The van der Waals surface area contributed by atoms with Crippen LogP contribution in [0.25, 0.3) is 0 Å². The summed E-state index contributed by atoms with van der Waals surface area (Å²) in [5.41, 5.74) is 2.62. The van der Waals surface area contributed by atoms with E-state index >= 15 is 0 Å². The molecule has 0 fully saturated rings. The van der Waals surface area contributed by atoms with Crippen LogP contribution in [0.1, 0.15) is 11.1 Å². The number of hydrogen-bond acceptors (Lipinski definition) is 3. The summed E-state index contributed by atoms with van der Waals surface area (Å²) < 4.78 is 1.04. The quantitative estimate of drug-likeness (QED) is 0.435. The van der Waals surface area contributed by atoms with Gasteiger partial charge in [0.1, 0.15) is 0 Å². The van der Waals surface area contributed by atoms with E-state index in [1.165, 1.54) is 6.07 Å². The van der Waals surface area contributed by atoms with E-state index in [9.17, 15) is 10.1 Å². The second-order valence-corrected chi connectivity index (χ2v) is 5.77. The second-order valence-electron chi connectivity index (χ2n) is 4.65. The average molecular weight is 370 g/mol. The molecule has 0 saturated carbocycles. The van der Waals surface area contributed by atoms with E-state index in [2.05, 4.69) is 15.9 Å². The summed E-state index contributed by atoms with van der Waals surface area (Å²) in [6.07, 6.45) is 0. The molecule has 2 aromatic rings. The van der Waals surface area contributed by atoms with E-state index in [1.54, 1.807) is 12.1 Å². The number of alkyl halides is 1. The molecule has 0 saturated heterocycles. The Kier molecular flexibility index (Phi) is 5.20. The lowest BCUT2D eigenvalue weighted by Gasteiger charge is -2.20. The number of benzene rings is 2. The third-order valence-electron chi connectivity index (χ3n) is 3.21. The Hall–Kier alpha value is -1.59. The Labute approximate surface area is 136 Å². The van der Waals surface area contributed by atoms with Crippen molar-refractivity contribution >= 4 is 38.9 Å². The van der Waals surface area contributed by atoms with Crippen LogP contribution in [-0.4, -0.2) is 12.0 Å². The van der Waals surface area contributed by atoms with Gasteiger partial charge >= 0.3 is 0 Å². The molecule has 0 aliphatic heterocycles. The molecule has 21 heavy (non-hydrogen) atoms. The van der Waals surface area contributed by atoms with Crippen molar-refractivity contribution in [3.05, 3.63) is 68.2 Å². The van der Waals surface area contributed by atoms with Crippen LogP contribution >= 0.6 is 27.5 Å². The standard InChI is InChI=1S/C15H14BrClN2O2/c1-18(10-11-4-2-3-5-14(11)16)13-6-7-15(19(20)21)12(8-13)9-17/h2-8H,9-10H2,1H3. The Morgan fingerprint density at radius 3 is 2.57 bits per heavy atom. The predicted molar refractivity (Wildman–Crippen MR) is 88.9 cm³/mol. The fraction of sp³-hybridized carbons (Fsp3) is 0.200. The van der Waals surface area contributed by atoms with Crippen LogP contribution < -0.4 is 4.90 Å². The summed E-state index contributed by atoms with van der Waals surface area (Å²) in [4.78, 5) is 12.5. The summed E-state index contributed by atoms with van der Waals surface area (Å²) in [7, 11) is 1.94. The number of hydrogen-bond donors (Lipinski definition) is 0. The van der Waals surface area contributed by atoms with Gasteiger partial charge in [0, 0.05) is 35.4 Å². The molecule has 6 heteroatoms. The van der Waals surface area contributed by atoms with Gasteiger partial charge in [-0.1, -0.05) is 34.1 Å². The number of nitro benzene ring substituents is 1. The van der Waals surface area contributed by atoms with Gasteiger partial charge in [-0.2, -0.15) is 0 Å². The van der Waals surface area contributed by atoms with E-state index < -0.39 is 4.92 Å². The van der Waals surface area contributed by atoms with Crippen LogP contribution in [0.2, 0.25) is 0 Å². The maximum Gasteiger partial charge on any atom is 0.273 e. The zero-order chi connectivity index (χ0) is 15.4. The molecule has 2 aromatic carbocycles. The third kappa shape index (κ3) is 3.74. The Bertz CT molecular complexity index is 664. The first-order valence-electron chi connectivity index (χ1n) is 6.30. The molecule has 0 aliphatic carbocycles. The predicted octanol–water partition coefficient (Wildman–Crippen LogP) is 4.73. The maximum atomic E-state index is 10.9. The fourth-order valence-electron chi connectivity index (χ4n) is 2.07. The molecule has 0 atom stereocenters. The molecular weight excluding hydrogens is 356 g/mol. The molecule has 0 aromatic heterocycles. The highest BCUT2D eigenvalue weighted by atomic mass is 79.9. The summed E-state index contributed by atoms with van der Waals surface area (Å²) >= 11 is 9.33. The molecule has 110 valence electrons. The second kappa shape index (κ2) is 6.91. The lowest BCUT2D eigenvalue weighted by atomic mass is 10.1. The summed E-state index contributed by atoms with van der Waals surface area (Å²) in [6, 6.07) is 13.0. The van der Waals surface area contributed by atoms with Crippen molar-refractivity contribution in [3.8, 4) is 0 Å². The largest absolute Gasteiger partial charge is 0.370 e. The minimum Gasteiger partial charge on any atom is -0.370 e. The van der Waals surface area contributed by atoms with Crippen LogP contribution in [-0.2, 0) is 12.4 Å². The summed E-state index contributed by atoms with van der Waals surface area (Å²) in [6.45, 7) is 0.695. The van der Waals surface area contributed by atoms with Crippen molar-refractivity contribution in [1.82, 2.24) is 0 Å². The van der Waals surface area contributed by atoms with Crippen LogP contribution in [0.5, 0.6) is 0 Å². The molecule has 4 nitrogen and oxygen atoms in total. The summed E-state index contributed by atoms with van der Waals surface area (Å²) in [5.74, 6) is 0.118. The van der Waals surface area contributed by atoms with Gasteiger partial charge in [0.25, 0.3) is 5.69 Å². The number of nitrogens with zero attached hydrogens (tertiary/aromatic N) is 2. The van der Waals surface area contributed by atoms with Gasteiger partial charge in [0.2, 0.25) is 0 Å². The van der Waals surface area contributed by atoms with Crippen molar-refractivity contribution in [2.45, 2.75) is 12.4 Å². The fourth-order valence-corrected chi connectivity index (χ4v) is 2.69. The maximum absolute atomic E-state index is 10.9. The average Bonchev–Trinajstić information content (AvgIpc) is 2.48. The normalized spacial score (nSPS) is 10.4. The molecule has 0 N–H and O–H groups in total. The van der Waals surface area contributed by atoms with E-state index in [4.69, 9.17) is 11.6 Å². The Balaban J connectivity index is 2.25. The highest BCUT2D eigenvalue weighted by Crippen LogP contribution is 2.27. The zero-order valence-electron chi connectivity index (χ0n) is 11.4. The molecule has 0 unspecified atom stereocenters. The topological polar surface area (TPSA) is 46.4 Å². The number of anilines is 1. The molecule has 0 amide bonds. The monoisotopic (exact) mass is 368 g/mol. The first kappa shape index (κ1) is 15.8. The Morgan fingerprint density at radius 2 is 1.95 bits per heavy atom. The molecule has 0 heterocycles. The van der Waals surface area contributed by atoms with Crippen molar-refractivity contribution in [2.75, 3.05) is 11.9 Å². The van der Waals surface area contributed by atoms with Crippen LogP contribution in [0.15, 0.2) is 46.9 Å². The van der Waals surface area contributed by atoms with E-state index in [0.717, 1.165) is 15.7 Å². The molecule has 0 aliphatic rings.